The highest BCUT2D eigenvalue weighted by Gasteiger charge is 2.31. The average Bonchev–Trinajstić information content (AvgIpc) is 2.28. The maximum absolute atomic E-state index is 11.9. The maximum Gasteiger partial charge on any atom is 0.239 e. The molecule has 0 aromatic carbocycles. The Balaban J connectivity index is 4.49. The molecule has 1 amide bonds. The molecule has 2 unspecified atom stereocenters. The molecule has 0 saturated carbocycles. The number of nitrogens with one attached hydrogen (secondary N) is 2. The molecular weight excluding hydrogens is 212 g/mol. The first-order valence-corrected chi connectivity index (χ1v) is 6.88. The van der Waals surface area contributed by atoms with Crippen LogP contribution in [0.15, 0.2) is 0 Å². The van der Waals surface area contributed by atoms with Crippen molar-refractivity contribution in [1.29, 1.82) is 0 Å². The second-order valence-corrected chi connectivity index (χ2v) is 5.45. The summed E-state index contributed by atoms with van der Waals surface area (Å²) in [7, 11) is 1.71. The van der Waals surface area contributed by atoms with Crippen molar-refractivity contribution in [2.24, 2.45) is 11.8 Å². The molecule has 0 fully saturated rings. The van der Waals surface area contributed by atoms with E-state index in [1.165, 1.54) is 0 Å². The predicted molar refractivity (Wildman–Crippen MR) is 74.0 cm³/mol. The number of carbonyl (C=O) groups is 1. The van der Waals surface area contributed by atoms with Gasteiger partial charge in [0.15, 0.2) is 0 Å². The van der Waals surface area contributed by atoms with E-state index < -0.39 is 5.54 Å². The molecule has 0 aliphatic rings. The molecule has 0 spiro atoms. The van der Waals surface area contributed by atoms with Crippen LogP contribution in [0.2, 0.25) is 0 Å². The van der Waals surface area contributed by atoms with Gasteiger partial charge >= 0.3 is 0 Å². The number of hydrogen-bond donors (Lipinski definition) is 2. The summed E-state index contributed by atoms with van der Waals surface area (Å²) in [6.07, 6.45) is 3.04. The second-order valence-electron chi connectivity index (χ2n) is 5.45. The van der Waals surface area contributed by atoms with E-state index in [9.17, 15) is 4.79 Å². The standard InChI is InChI=1S/C14H30N2O/c1-7-9-14(5,13(17)15-6)16-10-12(8-2)11(3)4/h11-12,16H,7-10H2,1-6H3,(H,15,17). The first-order valence-electron chi connectivity index (χ1n) is 6.88. The average molecular weight is 242 g/mol. The van der Waals surface area contributed by atoms with E-state index in [2.05, 4.69) is 38.3 Å². The lowest BCUT2D eigenvalue weighted by Crippen LogP contribution is -2.55. The van der Waals surface area contributed by atoms with Crippen molar-refractivity contribution in [3.05, 3.63) is 0 Å². The van der Waals surface area contributed by atoms with Gasteiger partial charge in [-0.1, -0.05) is 40.5 Å². The van der Waals surface area contributed by atoms with Crippen molar-refractivity contribution in [1.82, 2.24) is 10.6 Å². The Bertz CT molecular complexity index is 228. The van der Waals surface area contributed by atoms with Crippen LogP contribution in [0, 0.1) is 11.8 Å². The van der Waals surface area contributed by atoms with Gasteiger partial charge in [0.2, 0.25) is 5.91 Å². The van der Waals surface area contributed by atoms with Crippen molar-refractivity contribution in [3.63, 3.8) is 0 Å². The molecule has 0 aromatic rings. The van der Waals surface area contributed by atoms with Gasteiger partial charge in [0, 0.05) is 7.05 Å². The van der Waals surface area contributed by atoms with Crippen LogP contribution in [-0.2, 0) is 4.79 Å². The molecule has 3 nitrogen and oxygen atoms in total. The Hall–Kier alpha value is -0.570. The summed E-state index contributed by atoms with van der Waals surface area (Å²) in [6, 6.07) is 0. The van der Waals surface area contributed by atoms with Crippen molar-refractivity contribution in [2.75, 3.05) is 13.6 Å². The molecule has 0 heterocycles. The van der Waals surface area contributed by atoms with Gasteiger partial charge in [-0.25, -0.2) is 0 Å². The van der Waals surface area contributed by atoms with Crippen LogP contribution >= 0.6 is 0 Å². The normalized spacial score (nSPS) is 16.6. The topological polar surface area (TPSA) is 41.1 Å². The Kier molecular flexibility index (Phi) is 7.44. The number of amides is 1. The van der Waals surface area contributed by atoms with Gasteiger partial charge in [-0.05, 0) is 31.7 Å². The van der Waals surface area contributed by atoms with Crippen molar-refractivity contribution < 1.29 is 4.79 Å². The fraction of sp³-hybridized carbons (Fsp3) is 0.929. The van der Waals surface area contributed by atoms with E-state index in [-0.39, 0.29) is 5.91 Å². The third kappa shape index (κ3) is 5.07. The lowest BCUT2D eigenvalue weighted by atomic mass is 9.90. The zero-order chi connectivity index (χ0) is 13.5. The molecule has 3 heteroatoms. The summed E-state index contributed by atoms with van der Waals surface area (Å²) < 4.78 is 0. The molecular formula is C14H30N2O. The predicted octanol–water partition coefficient (Wildman–Crippen LogP) is 2.56. The largest absolute Gasteiger partial charge is 0.358 e. The van der Waals surface area contributed by atoms with Crippen molar-refractivity contribution in [3.8, 4) is 0 Å². The minimum Gasteiger partial charge on any atom is -0.358 e. The van der Waals surface area contributed by atoms with E-state index in [0.29, 0.717) is 11.8 Å². The number of likely N-dealkylation sites (N-methyl/N-ethyl adjacent to an activating group) is 1. The third-order valence-electron chi connectivity index (χ3n) is 3.70. The van der Waals surface area contributed by atoms with Crippen LogP contribution < -0.4 is 10.6 Å². The molecule has 2 atom stereocenters. The van der Waals surface area contributed by atoms with Crippen LogP contribution in [0.4, 0.5) is 0 Å². The van der Waals surface area contributed by atoms with E-state index in [1.807, 2.05) is 6.92 Å². The van der Waals surface area contributed by atoms with E-state index in [0.717, 1.165) is 25.8 Å². The zero-order valence-electron chi connectivity index (χ0n) is 12.4. The van der Waals surface area contributed by atoms with Gasteiger partial charge in [-0.2, -0.15) is 0 Å². The maximum atomic E-state index is 11.9. The Morgan fingerprint density at radius 1 is 1.29 bits per heavy atom. The molecule has 17 heavy (non-hydrogen) atoms. The smallest absolute Gasteiger partial charge is 0.239 e. The molecule has 102 valence electrons. The number of rotatable bonds is 8. The monoisotopic (exact) mass is 242 g/mol. The SMILES string of the molecule is CCCC(C)(NCC(CC)C(C)C)C(=O)NC. The van der Waals surface area contributed by atoms with Crippen LogP contribution in [-0.4, -0.2) is 25.0 Å². The first kappa shape index (κ1) is 16.4. The molecule has 0 aliphatic heterocycles. The molecule has 2 N–H and O–H groups in total. The van der Waals surface area contributed by atoms with E-state index in [4.69, 9.17) is 0 Å². The van der Waals surface area contributed by atoms with Gasteiger partial charge in [0.25, 0.3) is 0 Å². The molecule has 0 aliphatic carbocycles. The van der Waals surface area contributed by atoms with Crippen LogP contribution in [0.25, 0.3) is 0 Å². The minimum absolute atomic E-state index is 0.0953. The van der Waals surface area contributed by atoms with Gasteiger partial charge in [0.1, 0.15) is 0 Å². The second kappa shape index (κ2) is 7.70. The number of hydrogen-bond acceptors (Lipinski definition) is 2. The molecule has 0 saturated heterocycles. The van der Waals surface area contributed by atoms with Gasteiger partial charge in [0.05, 0.1) is 5.54 Å². The quantitative estimate of drug-likeness (QED) is 0.687. The summed E-state index contributed by atoms with van der Waals surface area (Å²) in [5, 5.41) is 6.23. The third-order valence-corrected chi connectivity index (χ3v) is 3.70. The lowest BCUT2D eigenvalue weighted by molar-refractivity contribution is -0.127. The highest BCUT2D eigenvalue weighted by Crippen LogP contribution is 2.17. The summed E-state index contributed by atoms with van der Waals surface area (Å²) in [6.45, 7) is 11.7. The van der Waals surface area contributed by atoms with Crippen LogP contribution in [0.3, 0.4) is 0 Å². The number of carbonyl (C=O) groups excluding carboxylic acids is 1. The van der Waals surface area contributed by atoms with E-state index in [1.54, 1.807) is 7.05 Å². The highest BCUT2D eigenvalue weighted by atomic mass is 16.2. The summed E-state index contributed by atoms with van der Waals surface area (Å²) in [4.78, 5) is 11.9. The van der Waals surface area contributed by atoms with Gasteiger partial charge in [-0.3, -0.25) is 4.79 Å². The Morgan fingerprint density at radius 2 is 1.88 bits per heavy atom. The molecule has 0 rings (SSSR count). The molecule has 0 aromatic heterocycles. The summed E-state index contributed by atoms with van der Waals surface area (Å²) in [5.41, 5.74) is -0.425. The first-order chi connectivity index (χ1) is 7.91. The van der Waals surface area contributed by atoms with Gasteiger partial charge in [-0.15, -0.1) is 0 Å². The molecule has 0 bridgehead atoms. The van der Waals surface area contributed by atoms with Gasteiger partial charge < -0.3 is 10.6 Å². The van der Waals surface area contributed by atoms with E-state index >= 15 is 0 Å². The minimum atomic E-state index is -0.425. The van der Waals surface area contributed by atoms with Crippen molar-refractivity contribution >= 4 is 5.91 Å². The molecule has 0 radical (unpaired) electrons. The Labute approximate surface area is 107 Å². The summed E-state index contributed by atoms with van der Waals surface area (Å²) >= 11 is 0. The summed E-state index contributed by atoms with van der Waals surface area (Å²) in [5.74, 6) is 1.39. The van der Waals surface area contributed by atoms with Crippen LogP contribution in [0.1, 0.15) is 53.9 Å². The fourth-order valence-corrected chi connectivity index (χ4v) is 2.27. The highest BCUT2D eigenvalue weighted by molar-refractivity contribution is 5.85. The van der Waals surface area contributed by atoms with Crippen molar-refractivity contribution in [2.45, 2.75) is 59.4 Å². The lowest BCUT2D eigenvalue weighted by Gasteiger charge is -2.31. The van der Waals surface area contributed by atoms with Crippen LogP contribution in [0.5, 0.6) is 0 Å². The fourth-order valence-electron chi connectivity index (χ4n) is 2.27. The Morgan fingerprint density at radius 3 is 2.24 bits per heavy atom. The zero-order valence-corrected chi connectivity index (χ0v) is 12.4.